The van der Waals surface area contributed by atoms with Crippen LogP contribution in [-0.2, 0) is 14.4 Å². The summed E-state index contributed by atoms with van der Waals surface area (Å²) >= 11 is 6.20. The molecule has 1 amide bonds. The molecule has 3 aromatic rings. The minimum atomic E-state index is -4.43. The van der Waals surface area contributed by atoms with Crippen LogP contribution >= 0.6 is 11.6 Å². The second kappa shape index (κ2) is 11.3. The lowest BCUT2D eigenvalue weighted by Crippen LogP contribution is -2.51. The molecule has 9 nitrogen and oxygen atoms in total. The zero-order chi connectivity index (χ0) is 31.1. The lowest BCUT2D eigenvalue weighted by atomic mass is 9.99. The van der Waals surface area contributed by atoms with E-state index in [0.717, 1.165) is 0 Å². The number of carbonyl (C=O) groups excluding carboxylic acids is 1. The van der Waals surface area contributed by atoms with Gasteiger partial charge in [0.15, 0.2) is 14.1 Å². The maximum absolute atomic E-state index is 14.1. The highest BCUT2D eigenvalue weighted by atomic mass is 35.5. The second-order valence-corrected chi connectivity index (χ2v) is 18.5. The van der Waals surface area contributed by atoms with Crippen LogP contribution in [0.1, 0.15) is 44.0 Å². The summed E-state index contributed by atoms with van der Waals surface area (Å²) in [6.07, 6.45) is -4.21. The van der Waals surface area contributed by atoms with Gasteiger partial charge in [0.1, 0.15) is 11.8 Å². The molecule has 0 saturated heterocycles. The fraction of sp³-hybridized carbons (Fsp3) is 0.444. The number of nitrogens with one attached hydrogen (secondary N) is 1. The van der Waals surface area contributed by atoms with E-state index in [0.29, 0.717) is 0 Å². The molecule has 0 aliphatic heterocycles. The van der Waals surface area contributed by atoms with E-state index in [-0.39, 0.29) is 51.8 Å². The predicted octanol–water partition coefficient (Wildman–Crippen LogP) is 6.15. The van der Waals surface area contributed by atoms with E-state index in [1.54, 1.807) is 6.07 Å². The number of sulfonamides is 1. The highest BCUT2D eigenvalue weighted by molar-refractivity contribution is 7.90. The molecule has 4 rings (SSSR count). The van der Waals surface area contributed by atoms with Crippen molar-refractivity contribution in [3.05, 3.63) is 65.4 Å². The topological polar surface area (TPSA) is 112 Å². The Morgan fingerprint density at radius 2 is 1.76 bits per heavy atom. The Kier molecular flexibility index (Phi) is 8.59. The van der Waals surface area contributed by atoms with E-state index in [1.807, 2.05) is 38.6 Å². The second-order valence-electron chi connectivity index (χ2n) is 11.7. The largest absolute Gasteiger partial charge is 0.474 e. The first-order valence-electron chi connectivity index (χ1n) is 13.1. The Labute approximate surface area is 248 Å². The summed E-state index contributed by atoms with van der Waals surface area (Å²) in [5.74, 6) is -0.760. The molecule has 2 aromatic heterocycles. The van der Waals surface area contributed by atoms with Gasteiger partial charge in [0.2, 0.25) is 5.88 Å². The fourth-order valence-corrected chi connectivity index (χ4v) is 6.57. The number of amides is 1. The van der Waals surface area contributed by atoms with Gasteiger partial charge in [0, 0.05) is 12.3 Å². The molecule has 1 aromatic carbocycles. The number of carbonyl (C=O) groups is 1. The SMILES string of the molecule is CC(C)(C)[Si](C)(C)OC(COc1ccn(-c2ccc(C(=O)NS(=O)(=O)c3ccccc3)c(Cl)n2)n1)C1(C(F)(F)F)CC1. The Morgan fingerprint density at radius 1 is 1.12 bits per heavy atom. The quantitative estimate of drug-likeness (QED) is 0.208. The van der Waals surface area contributed by atoms with Gasteiger partial charge < -0.3 is 9.16 Å². The molecule has 0 radical (unpaired) electrons. The van der Waals surface area contributed by atoms with E-state index in [2.05, 4.69) is 10.1 Å². The fourth-order valence-electron chi connectivity index (χ4n) is 3.99. The number of nitrogens with zero attached hydrogens (tertiary/aromatic N) is 3. The third kappa shape index (κ3) is 6.66. The van der Waals surface area contributed by atoms with Crippen molar-refractivity contribution in [2.24, 2.45) is 5.41 Å². The molecular formula is C27H32ClF3N4O5SSi. The molecule has 42 heavy (non-hydrogen) atoms. The number of aromatic nitrogens is 3. The van der Waals surface area contributed by atoms with Crippen LogP contribution in [0.15, 0.2) is 59.6 Å². The van der Waals surface area contributed by atoms with Crippen molar-refractivity contribution in [3.8, 4) is 11.7 Å². The van der Waals surface area contributed by atoms with Crippen molar-refractivity contribution in [2.75, 3.05) is 6.61 Å². The molecule has 1 aliphatic carbocycles. The highest BCUT2D eigenvalue weighted by Crippen LogP contribution is 2.61. The highest BCUT2D eigenvalue weighted by Gasteiger charge is 2.68. The first-order chi connectivity index (χ1) is 19.4. The molecule has 1 saturated carbocycles. The van der Waals surface area contributed by atoms with Crippen LogP contribution in [0, 0.1) is 5.41 Å². The molecule has 1 fully saturated rings. The van der Waals surface area contributed by atoms with Crippen LogP contribution in [0.5, 0.6) is 5.88 Å². The zero-order valence-corrected chi connectivity index (χ0v) is 26.3. The smallest absolute Gasteiger partial charge is 0.397 e. The zero-order valence-electron chi connectivity index (χ0n) is 23.7. The van der Waals surface area contributed by atoms with Crippen molar-refractivity contribution in [1.82, 2.24) is 19.5 Å². The number of hydrogen-bond donors (Lipinski definition) is 1. The van der Waals surface area contributed by atoms with E-state index in [9.17, 15) is 26.4 Å². The Bertz CT molecular complexity index is 1560. The van der Waals surface area contributed by atoms with Gasteiger partial charge in [0.05, 0.1) is 22.0 Å². The van der Waals surface area contributed by atoms with E-state index < -0.39 is 41.9 Å². The molecule has 15 heteroatoms. The minimum absolute atomic E-state index is 0.0252. The average molecular weight is 645 g/mol. The summed E-state index contributed by atoms with van der Waals surface area (Å²) in [5.41, 5.74) is -2.14. The molecular weight excluding hydrogens is 613 g/mol. The summed E-state index contributed by atoms with van der Waals surface area (Å²) in [6.45, 7) is 9.34. The van der Waals surface area contributed by atoms with Gasteiger partial charge in [0.25, 0.3) is 15.9 Å². The van der Waals surface area contributed by atoms with Gasteiger partial charge in [-0.15, -0.1) is 5.10 Å². The van der Waals surface area contributed by atoms with Crippen molar-refractivity contribution in [1.29, 1.82) is 0 Å². The molecule has 1 atom stereocenters. The minimum Gasteiger partial charge on any atom is -0.474 e. The predicted molar refractivity (Wildman–Crippen MR) is 153 cm³/mol. The summed E-state index contributed by atoms with van der Waals surface area (Å²) in [7, 11) is -6.69. The monoisotopic (exact) mass is 644 g/mol. The third-order valence-corrected chi connectivity index (χ3v) is 13.9. The number of rotatable bonds is 10. The molecule has 2 heterocycles. The molecule has 228 valence electrons. The van der Waals surface area contributed by atoms with E-state index in [1.165, 1.54) is 53.3 Å². The van der Waals surface area contributed by atoms with Gasteiger partial charge in [-0.25, -0.2) is 22.8 Å². The van der Waals surface area contributed by atoms with E-state index >= 15 is 0 Å². The summed E-state index contributed by atoms with van der Waals surface area (Å²) < 4.78 is 82.3. The molecule has 1 N–H and O–H groups in total. The Balaban J connectivity index is 1.48. The summed E-state index contributed by atoms with van der Waals surface area (Å²) in [5, 5.41) is 3.65. The number of pyridine rings is 1. The molecule has 0 spiro atoms. The van der Waals surface area contributed by atoms with Gasteiger partial charge in [-0.05, 0) is 55.2 Å². The standard InChI is InChI=1S/C27H32ClF3N4O5SSi/c1-25(2,3)42(4,5)40-20(26(14-15-26)27(29,30)31)17-39-22-13-16-35(33-22)21-12-11-19(23(28)32-21)24(36)34-41(37,38)18-9-7-6-8-10-18/h6-13,16,20H,14-15,17H2,1-5H3,(H,34,36). The van der Waals surface area contributed by atoms with Crippen LogP contribution in [0.2, 0.25) is 23.3 Å². The maximum atomic E-state index is 14.1. The lowest BCUT2D eigenvalue weighted by molar-refractivity contribution is -0.215. The van der Waals surface area contributed by atoms with Crippen molar-refractivity contribution in [2.45, 2.75) is 68.9 Å². The lowest BCUT2D eigenvalue weighted by Gasteiger charge is -2.41. The summed E-state index contributed by atoms with van der Waals surface area (Å²) in [6, 6.07) is 11.5. The number of halogens is 4. The van der Waals surface area contributed by atoms with Crippen molar-refractivity contribution in [3.63, 3.8) is 0 Å². The number of alkyl halides is 3. The number of benzene rings is 1. The molecule has 1 aliphatic rings. The first-order valence-corrected chi connectivity index (χ1v) is 17.9. The maximum Gasteiger partial charge on any atom is 0.397 e. The number of ether oxygens (including phenoxy) is 1. The van der Waals surface area contributed by atoms with Crippen LogP contribution in [0.4, 0.5) is 13.2 Å². The van der Waals surface area contributed by atoms with Gasteiger partial charge >= 0.3 is 6.18 Å². The van der Waals surface area contributed by atoms with Crippen molar-refractivity contribution >= 4 is 35.8 Å². The van der Waals surface area contributed by atoms with Gasteiger partial charge in [-0.3, -0.25) is 4.79 Å². The van der Waals surface area contributed by atoms with Crippen molar-refractivity contribution < 1.29 is 35.5 Å². The third-order valence-electron chi connectivity index (χ3n) is 7.75. The van der Waals surface area contributed by atoms with Crippen LogP contribution in [0.3, 0.4) is 0 Å². The van der Waals surface area contributed by atoms with Gasteiger partial charge in [-0.2, -0.15) is 13.2 Å². The van der Waals surface area contributed by atoms with Crippen LogP contribution in [0.25, 0.3) is 5.82 Å². The van der Waals surface area contributed by atoms with Gasteiger partial charge in [-0.1, -0.05) is 50.6 Å². The van der Waals surface area contributed by atoms with Crippen LogP contribution < -0.4 is 9.46 Å². The average Bonchev–Trinajstić information content (AvgIpc) is 3.58. The normalized spacial score (nSPS) is 16.1. The van der Waals surface area contributed by atoms with Crippen LogP contribution in [-0.4, -0.2) is 56.3 Å². The number of hydrogen-bond acceptors (Lipinski definition) is 7. The van der Waals surface area contributed by atoms with E-state index in [4.69, 9.17) is 20.8 Å². The summed E-state index contributed by atoms with van der Waals surface area (Å²) in [4.78, 5) is 16.7. The molecule has 0 bridgehead atoms. The molecule has 1 unspecified atom stereocenters. The Hall–Kier alpha value is -2.94. The Morgan fingerprint density at radius 3 is 2.31 bits per heavy atom. The first kappa shape index (κ1) is 32.0.